The number of hydrogen-bond donors (Lipinski definition) is 3. The van der Waals surface area contributed by atoms with E-state index in [1.807, 2.05) is 24.3 Å². The van der Waals surface area contributed by atoms with Gasteiger partial charge in [-0.2, -0.15) is 0 Å². The smallest absolute Gasteiger partial charge is 0.213 e. The van der Waals surface area contributed by atoms with Crippen LogP contribution in [0, 0.1) is 5.92 Å². The molecular weight excluding hydrogens is 340 g/mol. The summed E-state index contributed by atoms with van der Waals surface area (Å²) in [6.07, 6.45) is 3.46. The van der Waals surface area contributed by atoms with E-state index in [-0.39, 0.29) is 5.75 Å². The molecule has 3 N–H and O–H groups in total. The maximum Gasteiger partial charge on any atom is 0.213 e. The van der Waals surface area contributed by atoms with Crippen molar-refractivity contribution in [2.45, 2.75) is 25.8 Å². The van der Waals surface area contributed by atoms with E-state index in [0.29, 0.717) is 31.5 Å². The van der Waals surface area contributed by atoms with Crippen LogP contribution < -0.4 is 20.1 Å². The van der Waals surface area contributed by atoms with E-state index in [4.69, 9.17) is 4.74 Å². The summed E-state index contributed by atoms with van der Waals surface area (Å²) in [5.41, 5.74) is 1.05. The van der Waals surface area contributed by atoms with Crippen LogP contribution in [0.4, 0.5) is 0 Å². The zero-order chi connectivity index (χ0) is 18.1. The van der Waals surface area contributed by atoms with Crippen molar-refractivity contribution in [1.29, 1.82) is 0 Å². The van der Waals surface area contributed by atoms with Gasteiger partial charge < -0.3 is 15.4 Å². The van der Waals surface area contributed by atoms with Crippen LogP contribution in [0.5, 0.6) is 5.75 Å². The van der Waals surface area contributed by atoms with Gasteiger partial charge in [-0.05, 0) is 36.5 Å². The fourth-order valence-corrected chi connectivity index (χ4v) is 3.51. The second-order valence-electron chi connectivity index (χ2n) is 6.17. The van der Waals surface area contributed by atoms with Crippen LogP contribution in [0.1, 0.15) is 24.8 Å². The lowest BCUT2D eigenvalue weighted by atomic mass is 9.86. The van der Waals surface area contributed by atoms with Gasteiger partial charge in [0.2, 0.25) is 10.0 Å². The molecule has 0 spiro atoms. The van der Waals surface area contributed by atoms with Gasteiger partial charge in [-0.1, -0.05) is 18.6 Å². The fraction of sp³-hybridized carbons (Fsp3) is 0.588. The first kappa shape index (κ1) is 19.5. The first-order valence-electron chi connectivity index (χ1n) is 8.57. The van der Waals surface area contributed by atoms with Gasteiger partial charge in [-0.15, -0.1) is 0 Å². The molecule has 1 aliphatic rings. The van der Waals surface area contributed by atoms with Gasteiger partial charge in [0.05, 0.1) is 12.9 Å². The van der Waals surface area contributed by atoms with Gasteiger partial charge in [0, 0.05) is 26.7 Å². The molecule has 0 saturated heterocycles. The lowest BCUT2D eigenvalue weighted by molar-refractivity contribution is 0.316. The highest BCUT2D eigenvalue weighted by Gasteiger charge is 2.20. The number of nitrogens with zero attached hydrogens (tertiary/aromatic N) is 1. The Labute approximate surface area is 150 Å². The number of hydrogen-bond acceptors (Lipinski definition) is 4. The highest BCUT2D eigenvalue weighted by molar-refractivity contribution is 7.89. The molecule has 0 heterocycles. The zero-order valence-corrected chi connectivity index (χ0v) is 15.7. The minimum atomic E-state index is -3.24. The van der Waals surface area contributed by atoms with E-state index >= 15 is 0 Å². The Balaban J connectivity index is 1.70. The van der Waals surface area contributed by atoms with E-state index in [9.17, 15) is 8.42 Å². The van der Waals surface area contributed by atoms with Crippen LogP contribution in [-0.2, 0) is 16.6 Å². The third-order valence-electron chi connectivity index (χ3n) is 4.30. The van der Waals surface area contributed by atoms with E-state index in [0.717, 1.165) is 24.2 Å². The number of sulfonamides is 1. The molecule has 25 heavy (non-hydrogen) atoms. The molecule has 1 aromatic rings. The molecule has 0 aromatic heterocycles. The van der Waals surface area contributed by atoms with Crippen LogP contribution >= 0.6 is 0 Å². The van der Waals surface area contributed by atoms with E-state index in [1.54, 1.807) is 14.2 Å². The lowest BCUT2D eigenvalue weighted by Gasteiger charge is -2.25. The number of aliphatic imine (C=N–C) groups is 1. The van der Waals surface area contributed by atoms with E-state index in [1.165, 1.54) is 6.42 Å². The highest BCUT2D eigenvalue weighted by atomic mass is 32.2. The number of ether oxygens (including phenoxy) is 1. The Morgan fingerprint density at radius 2 is 2.12 bits per heavy atom. The monoisotopic (exact) mass is 368 g/mol. The van der Waals surface area contributed by atoms with Crippen LogP contribution in [0.15, 0.2) is 29.3 Å². The number of methoxy groups -OCH3 is 1. The number of nitrogens with one attached hydrogen (secondary N) is 3. The highest BCUT2D eigenvalue weighted by Crippen LogP contribution is 2.25. The molecule has 0 unspecified atom stereocenters. The molecule has 0 atom stereocenters. The maximum absolute atomic E-state index is 12.0. The van der Waals surface area contributed by atoms with Crippen molar-refractivity contribution in [1.82, 2.24) is 15.4 Å². The van der Waals surface area contributed by atoms with Crippen molar-refractivity contribution < 1.29 is 13.2 Å². The lowest BCUT2D eigenvalue weighted by Crippen LogP contribution is -2.41. The standard InChI is InChI=1S/C17H28N4O3S/c1-18-17(20-12-15-7-4-8-16(11-15)24-2)19-9-10-25(22,23)21-13-14-5-3-6-14/h4,7-8,11,14,21H,3,5-6,9-10,12-13H2,1-2H3,(H2,18,19,20). The maximum atomic E-state index is 12.0. The summed E-state index contributed by atoms with van der Waals surface area (Å²) in [5, 5.41) is 6.19. The molecule has 1 saturated carbocycles. The Hall–Kier alpha value is -1.80. The molecule has 1 aromatic carbocycles. The molecule has 0 amide bonds. The molecule has 140 valence electrons. The number of benzene rings is 1. The van der Waals surface area contributed by atoms with Gasteiger partial charge >= 0.3 is 0 Å². The Bertz CT molecular complexity index is 672. The predicted octanol–water partition coefficient (Wildman–Crippen LogP) is 1.08. The summed E-state index contributed by atoms with van der Waals surface area (Å²) in [6, 6.07) is 7.73. The molecule has 1 fully saturated rings. The zero-order valence-electron chi connectivity index (χ0n) is 14.9. The van der Waals surface area contributed by atoms with Crippen molar-refractivity contribution in [2.75, 3.05) is 33.0 Å². The fourth-order valence-electron chi connectivity index (χ4n) is 2.51. The predicted molar refractivity (Wildman–Crippen MR) is 100 cm³/mol. The van der Waals surface area contributed by atoms with Crippen molar-refractivity contribution in [2.24, 2.45) is 10.9 Å². The quantitative estimate of drug-likeness (QED) is 0.448. The summed E-state index contributed by atoms with van der Waals surface area (Å²) in [7, 11) is 0.0438. The minimum Gasteiger partial charge on any atom is -0.497 e. The van der Waals surface area contributed by atoms with Crippen LogP contribution in [0.2, 0.25) is 0 Å². The minimum absolute atomic E-state index is 0.0274. The number of rotatable bonds is 9. The molecule has 0 bridgehead atoms. The molecule has 7 nitrogen and oxygen atoms in total. The van der Waals surface area contributed by atoms with Crippen LogP contribution in [-0.4, -0.2) is 47.4 Å². The van der Waals surface area contributed by atoms with Crippen molar-refractivity contribution in [3.05, 3.63) is 29.8 Å². The van der Waals surface area contributed by atoms with Gasteiger partial charge in [0.15, 0.2) is 5.96 Å². The average molecular weight is 369 g/mol. The van der Waals surface area contributed by atoms with Crippen LogP contribution in [0.3, 0.4) is 0 Å². The van der Waals surface area contributed by atoms with Crippen LogP contribution in [0.25, 0.3) is 0 Å². The summed E-state index contributed by atoms with van der Waals surface area (Å²) in [4.78, 5) is 4.11. The van der Waals surface area contributed by atoms with Gasteiger partial charge in [-0.3, -0.25) is 4.99 Å². The molecule has 8 heteroatoms. The van der Waals surface area contributed by atoms with Gasteiger partial charge in [-0.25, -0.2) is 13.1 Å². The summed E-state index contributed by atoms with van der Waals surface area (Å²) < 4.78 is 31.8. The van der Waals surface area contributed by atoms with E-state index < -0.39 is 10.0 Å². The summed E-state index contributed by atoms with van der Waals surface area (Å²) >= 11 is 0. The normalized spacial score (nSPS) is 15.5. The second kappa shape index (κ2) is 9.62. The SMILES string of the molecule is CN=C(NCCS(=O)(=O)NCC1CCC1)NCc1cccc(OC)c1. The third-order valence-corrected chi connectivity index (χ3v) is 5.65. The largest absolute Gasteiger partial charge is 0.497 e. The molecular formula is C17H28N4O3S. The van der Waals surface area contributed by atoms with Gasteiger partial charge in [0.1, 0.15) is 5.75 Å². The molecule has 0 radical (unpaired) electrons. The Kier molecular flexibility index (Phi) is 7.52. The molecule has 2 rings (SSSR count). The second-order valence-corrected chi connectivity index (χ2v) is 8.09. The van der Waals surface area contributed by atoms with Crippen molar-refractivity contribution in [3.8, 4) is 5.75 Å². The third kappa shape index (κ3) is 6.91. The first-order chi connectivity index (χ1) is 12.0. The topological polar surface area (TPSA) is 91.8 Å². The van der Waals surface area contributed by atoms with Crippen molar-refractivity contribution >= 4 is 16.0 Å². The Morgan fingerprint density at radius 1 is 1.32 bits per heavy atom. The summed E-state index contributed by atoms with van der Waals surface area (Å²) in [6.45, 7) is 1.44. The number of guanidine groups is 1. The first-order valence-corrected chi connectivity index (χ1v) is 10.2. The Morgan fingerprint density at radius 3 is 2.76 bits per heavy atom. The molecule has 1 aliphatic carbocycles. The van der Waals surface area contributed by atoms with Gasteiger partial charge in [0.25, 0.3) is 0 Å². The van der Waals surface area contributed by atoms with Crippen molar-refractivity contribution in [3.63, 3.8) is 0 Å². The summed E-state index contributed by atoms with van der Waals surface area (Å²) in [5.74, 6) is 1.91. The molecule has 0 aliphatic heterocycles. The average Bonchev–Trinajstić information content (AvgIpc) is 2.56. The van der Waals surface area contributed by atoms with E-state index in [2.05, 4.69) is 20.3 Å².